The second-order valence-electron chi connectivity index (χ2n) is 4.69. The topological polar surface area (TPSA) is 24.9 Å². The molecule has 1 heterocycles. The largest absolute Gasteiger partial charge is 0.311 e. The second kappa shape index (κ2) is 8.65. The molecule has 0 saturated heterocycles. The quantitative estimate of drug-likeness (QED) is 0.664. The number of rotatable bonds is 9. The molecule has 0 bridgehead atoms. The van der Waals surface area contributed by atoms with Crippen molar-refractivity contribution >= 4 is 11.3 Å². The SMILES string of the molecule is CCCCCCCCc1cnc(C(C)NC)s1. The Hall–Kier alpha value is -0.410. The fraction of sp³-hybridized carbons (Fsp3) is 0.786. The molecule has 1 aromatic rings. The van der Waals surface area contributed by atoms with Gasteiger partial charge in [0.25, 0.3) is 0 Å². The molecule has 1 N–H and O–H groups in total. The Morgan fingerprint density at radius 1 is 1.24 bits per heavy atom. The fourth-order valence-electron chi connectivity index (χ4n) is 1.84. The molecule has 0 spiro atoms. The van der Waals surface area contributed by atoms with E-state index in [1.165, 1.54) is 54.8 Å². The number of thiazole rings is 1. The molecule has 0 saturated carbocycles. The first-order valence-electron chi connectivity index (χ1n) is 6.89. The van der Waals surface area contributed by atoms with Crippen LogP contribution in [0.2, 0.25) is 0 Å². The zero-order chi connectivity index (χ0) is 12.5. The molecule has 17 heavy (non-hydrogen) atoms. The zero-order valence-electron chi connectivity index (χ0n) is 11.5. The van der Waals surface area contributed by atoms with E-state index in [0.29, 0.717) is 6.04 Å². The number of nitrogens with zero attached hydrogens (tertiary/aromatic N) is 1. The van der Waals surface area contributed by atoms with Crippen molar-refractivity contribution in [2.75, 3.05) is 7.05 Å². The minimum Gasteiger partial charge on any atom is -0.311 e. The van der Waals surface area contributed by atoms with Gasteiger partial charge in [-0.1, -0.05) is 39.0 Å². The second-order valence-corrected chi connectivity index (χ2v) is 5.84. The predicted octanol–water partition coefficient (Wildman–Crippen LogP) is 4.33. The number of aromatic nitrogens is 1. The molecule has 0 amide bonds. The van der Waals surface area contributed by atoms with Crippen LogP contribution in [-0.2, 0) is 6.42 Å². The molecule has 0 aromatic carbocycles. The van der Waals surface area contributed by atoms with Crippen molar-refractivity contribution in [1.82, 2.24) is 10.3 Å². The highest BCUT2D eigenvalue weighted by Gasteiger charge is 2.07. The molecule has 1 rings (SSSR count). The van der Waals surface area contributed by atoms with Crippen LogP contribution in [0.1, 0.15) is 68.3 Å². The summed E-state index contributed by atoms with van der Waals surface area (Å²) in [7, 11) is 1.99. The van der Waals surface area contributed by atoms with Gasteiger partial charge < -0.3 is 5.32 Å². The number of hydrogen-bond acceptors (Lipinski definition) is 3. The van der Waals surface area contributed by atoms with Crippen LogP contribution in [0.5, 0.6) is 0 Å². The lowest BCUT2D eigenvalue weighted by Gasteiger charge is -2.04. The van der Waals surface area contributed by atoms with Gasteiger partial charge in [0.1, 0.15) is 5.01 Å². The fourth-order valence-corrected chi connectivity index (χ4v) is 2.86. The van der Waals surface area contributed by atoms with Crippen LogP contribution in [0.4, 0.5) is 0 Å². The summed E-state index contributed by atoms with van der Waals surface area (Å²) in [6.07, 6.45) is 11.5. The molecule has 98 valence electrons. The van der Waals surface area contributed by atoms with Gasteiger partial charge in [-0.15, -0.1) is 11.3 Å². The van der Waals surface area contributed by atoms with E-state index in [9.17, 15) is 0 Å². The Labute approximate surface area is 110 Å². The van der Waals surface area contributed by atoms with Gasteiger partial charge in [-0.25, -0.2) is 4.98 Å². The Morgan fingerprint density at radius 2 is 1.94 bits per heavy atom. The van der Waals surface area contributed by atoms with Gasteiger partial charge in [-0.05, 0) is 26.8 Å². The van der Waals surface area contributed by atoms with Crippen LogP contribution < -0.4 is 5.32 Å². The summed E-state index contributed by atoms with van der Waals surface area (Å²) in [6, 6.07) is 0.387. The van der Waals surface area contributed by atoms with Crippen LogP contribution in [0.25, 0.3) is 0 Å². The lowest BCUT2D eigenvalue weighted by molar-refractivity contribution is 0.609. The summed E-state index contributed by atoms with van der Waals surface area (Å²) in [5, 5.41) is 4.45. The van der Waals surface area contributed by atoms with Crippen LogP contribution in [0.15, 0.2) is 6.20 Å². The first-order chi connectivity index (χ1) is 8.27. The maximum absolute atomic E-state index is 4.47. The third-order valence-electron chi connectivity index (χ3n) is 3.15. The molecule has 1 aromatic heterocycles. The summed E-state index contributed by atoms with van der Waals surface area (Å²) in [6.45, 7) is 4.43. The van der Waals surface area contributed by atoms with Crippen LogP contribution in [0.3, 0.4) is 0 Å². The maximum Gasteiger partial charge on any atom is 0.109 e. The van der Waals surface area contributed by atoms with E-state index in [1.807, 2.05) is 18.4 Å². The van der Waals surface area contributed by atoms with E-state index in [4.69, 9.17) is 0 Å². The number of nitrogens with one attached hydrogen (secondary N) is 1. The van der Waals surface area contributed by atoms with Crippen LogP contribution in [-0.4, -0.2) is 12.0 Å². The van der Waals surface area contributed by atoms with E-state index in [-0.39, 0.29) is 0 Å². The molecule has 0 aliphatic carbocycles. The molecule has 0 radical (unpaired) electrons. The minimum absolute atomic E-state index is 0.387. The Bertz CT molecular complexity index is 296. The number of hydrogen-bond donors (Lipinski definition) is 1. The van der Waals surface area contributed by atoms with E-state index in [2.05, 4.69) is 30.3 Å². The monoisotopic (exact) mass is 254 g/mol. The first-order valence-corrected chi connectivity index (χ1v) is 7.71. The normalized spacial score (nSPS) is 12.9. The Balaban J connectivity index is 2.16. The molecule has 1 unspecified atom stereocenters. The van der Waals surface area contributed by atoms with Gasteiger partial charge in [0, 0.05) is 11.1 Å². The van der Waals surface area contributed by atoms with E-state index in [1.54, 1.807) is 0 Å². The van der Waals surface area contributed by atoms with Crippen LogP contribution in [0, 0.1) is 0 Å². The molecular formula is C14H26N2S. The zero-order valence-corrected chi connectivity index (χ0v) is 12.3. The molecular weight excluding hydrogens is 228 g/mol. The summed E-state index contributed by atoms with van der Waals surface area (Å²) < 4.78 is 0. The van der Waals surface area contributed by atoms with Crippen molar-refractivity contribution in [2.45, 2.75) is 64.8 Å². The smallest absolute Gasteiger partial charge is 0.109 e. The number of aryl methyl sites for hydroxylation is 1. The lowest BCUT2D eigenvalue weighted by atomic mass is 10.1. The first kappa shape index (κ1) is 14.7. The predicted molar refractivity (Wildman–Crippen MR) is 76.7 cm³/mol. The minimum atomic E-state index is 0.387. The summed E-state index contributed by atoms with van der Waals surface area (Å²) in [5.74, 6) is 0. The highest BCUT2D eigenvalue weighted by atomic mass is 32.1. The lowest BCUT2D eigenvalue weighted by Crippen LogP contribution is -2.11. The Morgan fingerprint density at radius 3 is 2.65 bits per heavy atom. The van der Waals surface area contributed by atoms with E-state index >= 15 is 0 Å². The van der Waals surface area contributed by atoms with Gasteiger partial charge in [-0.3, -0.25) is 0 Å². The summed E-state index contributed by atoms with van der Waals surface area (Å²) in [4.78, 5) is 5.91. The Kier molecular flexibility index (Phi) is 7.45. The van der Waals surface area contributed by atoms with E-state index < -0.39 is 0 Å². The maximum atomic E-state index is 4.47. The highest BCUT2D eigenvalue weighted by Crippen LogP contribution is 2.21. The van der Waals surface area contributed by atoms with Gasteiger partial charge in [0.15, 0.2) is 0 Å². The highest BCUT2D eigenvalue weighted by molar-refractivity contribution is 7.11. The molecule has 2 nitrogen and oxygen atoms in total. The van der Waals surface area contributed by atoms with Crippen molar-refractivity contribution in [3.63, 3.8) is 0 Å². The molecule has 0 aliphatic heterocycles. The number of unbranched alkanes of at least 4 members (excludes halogenated alkanes) is 5. The summed E-state index contributed by atoms with van der Waals surface area (Å²) >= 11 is 1.86. The van der Waals surface area contributed by atoms with Crippen molar-refractivity contribution in [2.24, 2.45) is 0 Å². The molecule has 3 heteroatoms. The van der Waals surface area contributed by atoms with Gasteiger partial charge in [-0.2, -0.15) is 0 Å². The van der Waals surface area contributed by atoms with Crippen molar-refractivity contribution in [3.05, 3.63) is 16.1 Å². The average molecular weight is 254 g/mol. The van der Waals surface area contributed by atoms with E-state index in [0.717, 1.165) is 0 Å². The van der Waals surface area contributed by atoms with Gasteiger partial charge >= 0.3 is 0 Å². The van der Waals surface area contributed by atoms with Gasteiger partial charge in [0.05, 0.1) is 6.04 Å². The van der Waals surface area contributed by atoms with Crippen molar-refractivity contribution in [3.8, 4) is 0 Å². The van der Waals surface area contributed by atoms with Crippen molar-refractivity contribution in [1.29, 1.82) is 0 Å². The summed E-state index contributed by atoms with van der Waals surface area (Å²) in [5.41, 5.74) is 0. The molecule has 1 atom stereocenters. The van der Waals surface area contributed by atoms with Gasteiger partial charge in [0.2, 0.25) is 0 Å². The standard InChI is InChI=1S/C14H26N2S/c1-4-5-6-7-8-9-10-13-11-16-14(17-13)12(2)15-3/h11-12,15H,4-10H2,1-3H3. The molecule has 0 fully saturated rings. The third kappa shape index (κ3) is 5.64. The van der Waals surface area contributed by atoms with Crippen LogP contribution >= 0.6 is 11.3 Å². The molecule has 0 aliphatic rings. The van der Waals surface area contributed by atoms with Crippen molar-refractivity contribution < 1.29 is 0 Å². The third-order valence-corrected chi connectivity index (χ3v) is 4.39. The average Bonchev–Trinajstić information content (AvgIpc) is 2.81.